The molecule has 0 aromatic heterocycles. The molecule has 1 aliphatic rings. The normalized spacial score (nSPS) is 18.0. The third-order valence-electron chi connectivity index (χ3n) is 4.87. The third-order valence-corrected chi connectivity index (χ3v) is 4.87. The monoisotopic (exact) mass is 357 g/mol. The maximum Gasteiger partial charge on any atom is 0.331 e. The van der Waals surface area contributed by atoms with Crippen LogP contribution < -0.4 is 0 Å². The molecule has 0 unspecified atom stereocenters. The van der Waals surface area contributed by atoms with E-state index in [0.29, 0.717) is 5.56 Å². The molecule has 0 radical (unpaired) electrons. The zero-order valence-corrected chi connectivity index (χ0v) is 14.9. The van der Waals surface area contributed by atoms with Crippen LogP contribution in [0.5, 0.6) is 0 Å². The number of carbonyl (C=O) groups excluding carboxylic acids is 2. The van der Waals surface area contributed by atoms with Gasteiger partial charge in [-0.2, -0.15) is 0 Å². The molecule has 1 fully saturated rings. The Bertz CT molecular complexity index is 952. The summed E-state index contributed by atoms with van der Waals surface area (Å²) in [5.41, 5.74) is 3.63. The molecular formula is C23H19NO3. The van der Waals surface area contributed by atoms with Gasteiger partial charge in [0, 0.05) is 5.56 Å². The average Bonchev–Trinajstić information content (AvgIpc) is 3.50. The number of methoxy groups -OCH3 is 1. The second-order valence-electron chi connectivity index (χ2n) is 6.48. The summed E-state index contributed by atoms with van der Waals surface area (Å²) in [5.74, 6) is -0.558. The summed E-state index contributed by atoms with van der Waals surface area (Å²) in [6, 6.07) is 26.2. The van der Waals surface area contributed by atoms with Crippen molar-refractivity contribution in [1.82, 2.24) is 4.90 Å². The van der Waals surface area contributed by atoms with Crippen molar-refractivity contribution in [3.8, 4) is 11.1 Å². The molecule has 1 saturated heterocycles. The summed E-state index contributed by atoms with van der Waals surface area (Å²) in [7, 11) is 1.35. The van der Waals surface area contributed by atoms with E-state index in [1.54, 1.807) is 17.0 Å². The van der Waals surface area contributed by atoms with Gasteiger partial charge in [0.1, 0.15) is 0 Å². The number of rotatable bonds is 4. The van der Waals surface area contributed by atoms with Crippen molar-refractivity contribution in [2.45, 2.75) is 12.1 Å². The van der Waals surface area contributed by atoms with Crippen molar-refractivity contribution in [2.75, 3.05) is 7.11 Å². The van der Waals surface area contributed by atoms with Gasteiger partial charge in [0.25, 0.3) is 5.91 Å². The van der Waals surface area contributed by atoms with Gasteiger partial charge in [-0.1, -0.05) is 72.8 Å². The largest absolute Gasteiger partial charge is 0.467 e. The maximum absolute atomic E-state index is 13.0. The predicted octanol–water partition coefficient (Wildman–Crippen LogP) is 4.09. The Kier molecular flexibility index (Phi) is 4.47. The molecule has 4 rings (SSSR count). The number of nitrogens with zero attached hydrogens (tertiary/aromatic N) is 1. The van der Waals surface area contributed by atoms with E-state index >= 15 is 0 Å². The summed E-state index contributed by atoms with van der Waals surface area (Å²) in [6.45, 7) is 0. The van der Waals surface area contributed by atoms with E-state index in [-0.39, 0.29) is 11.9 Å². The molecule has 1 amide bonds. The van der Waals surface area contributed by atoms with E-state index in [1.165, 1.54) is 7.11 Å². The first kappa shape index (κ1) is 17.0. The molecule has 3 aromatic carbocycles. The molecule has 3 aromatic rings. The van der Waals surface area contributed by atoms with Crippen molar-refractivity contribution in [3.63, 3.8) is 0 Å². The Balaban J connectivity index is 1.59. The van der Waals surface area contributed by atoms with Gasteiger partial charge in [0.2, 0.25) is 0 Å². The van der Waals surface area contributed by atoms with E-state index in [0.717, 1.165) is 16.7 Å². The zero-order chi connectivity index (χ0) is 18.8. The number of amides is 1. The minimum Gasteiger partial charge on any atom is -0.467 e. The van der Waals surface area contributed by atoms with Crippen LogP contribution in [0.4, 0.5) is 0 Å². The Hall–Kier alpha value is -3.40. The minimum atomic E-state index is -0.571. The second kappa shape index (κ2) is 7.08. The maximum atomic E-state index is 13.0. The molecule has 0 aliphatic carbocycles. The molecular weight excluding hydrogens is 338 g/mol. The standard InChI is InChI=1S/C23H19NO3/c1-27-23(26)21-20(18-10-6-3-7-11-18)24(21)22(25)19-14-12-17(13-15-19)16-8-4-2-5-9-16/h2-15,20-21H,1H3/t20-,21+,24?/m1/s1. The second-order valence-corrected chi connectivity index (χ2v) is 6.48. The van der Waals surface area contributed by atoms with Crippen molar-refractivity contribution in [3.05, 3.63) is 96.1 Å². The van der Waals surface area contributed by atoms with Crippen molar-refractivity contribution >= 4 is 11.9 Å². The van der Waals surface area contributed by atoms with Crippen LogP contribution in [-0.2, 0) is 9.53 Å². The van der Waals surface area contributed by atoms with Crippen molar-refractivity contribution in [2.24, 2.45) is 0 Å². The number of esters is 1. The van der Waals surface area contributed by atoms with Gasteiger partial charge in [-0.15, -0.1) is 0 Å². The fourth-order valence-electron chi connectivity index (χ4n) is 3.43. The van der Waals surface area contributed by atoms with Gasteiger partial charge in [-0.25, -0.2) is 4.79 Å². The van der Waals surface area contributed by atoms with Crippen LogP contribution in [0.25, 0.3) is 11.1 Å². The van der Waals surface area contributed by atoms with E-state index in [2.05, 4.69) is 0 Å². The van der Waals surface area contributed by atoms with Gasteiger partial charge >= 0.3 is 5.97 Å². The quantitative estimate of drug-likeness (QED) is 0.522. The molecule has 27 heavy (non-hydrogen) atoms. The van der Waals surface area contributed by atoms with Crippen LogP contribution in [0.1, 0.15) is 22.0 Å². The van der Waals surface area contributed by atoms with Gasteiger partial charge in [-0.05, 0) is 28.8 Å². The highest BCUT2D eigenvalue weighted by atomic mass is 16.5. The Morgan fingerprint density at radius 2 is 1.33 bits per heavy atom. The summed E-state index contributed by atoms with van der Waals surface area (Å²) < 4.78 is 4.89. The molecule has 0 N–H and O–H groups in total. The first-order chi connectivity index (χ1) is 13.2. The molecule has 0 spiro atoms. The van der Waals surface area contributed by atoms with Crippen molar-refractivity contribution in [1.29, 1.82) is 0 Å². The highest BCUT2D eigenvalue weighted by Gasteiger charge is 2.57. The average molecular weight is 357 g/mol. The van der Waals surface area contributed by atoms with Gasteiger partial charge in [0.05, 0.1) is 13.2 Å². The Morgan fingerprint density at radius 1 is 0.778 bits per heavy atom. The lowest BCUT2D eigenvalue weighted by atomic mass is 10.0. The summed E-state index contributed by atoms with van der Waals surface area (Å²) in [4.78, 5) is 26.7. The molecule has 1 heterocycles. The number of ether oxygens (including phenoxy) is 1. The smallest absolute Gasteiger partial charge is 0.331 e. The fraction of sp³-hybridized carbons (Fsp3) is 0.130. The lowest BCUT2D eigenvalue weighted by Crippen LogP contribution is -2.19. The molecule has 1 aliphatic heterocycles. The molecule has 4 nitrogen and oxygen atoms in total. The molecule has 4 heteroatoms. The van der Waals surface area contributed by atoms with E-state index in [9.17, 15) is 9.59 Å². The van der Waals surface area contributed by atoms with Crippen LogP contribution in [0.2, 0.25) is 0 Å². The lowest BCUT2D eigenvalue weighted by molar-refractivity contribution is -0.140. The van der Waals surface area contributed by atoms with E-state index in [1.807, 2.05) is 72.8 Å². The van der Waals surface area contributed by atoms with Crippen LogP contribution in [0.15, 0.2) is 84.9 Å². The summed E-state index contributed by atoms with van der Waals surface area (Å²) in [5, 5.41) is 0. The molecule has 2 atom stereocenters. The van der Waals surface area contributed by atoms with Crippen LogP contribution in [0.3, 0.4) is 0 Å². The Labute approximate surface area is 158 Å². The third kappa shape index (κ3) is 3.22. The van der Waals surface area contributed by atoms with Crippen LogP contribution in [0, 0.1) is 0 Å². The van der Waals surface area contributed by atoms with Crippen LogP contribution >= 0.6 is 0 Å². The highest BCUT2D eigenvalue weighted by molar-refractivity contribution is 6.01. The minimum absolute atomic E-state index is 0.168. The SMILES string of the molecule is COC(=O)[C@@H]1[C@@H](c2ccccc2)N1C(=O)c1ccc(-c2ccccc2)cc1. The zero-order valence-electron chi connectivity index (χ0n) is 14.9. The van der Waals surface area contributed by atoms with E-state index < -0.39 is 12.0 Å². The number of carbonyl (C=O) groups is 2. The molecule has 0 bridgehead atoms. The van der Waals surface area contributed by atoms with Crippen LogP contribution in [-0.4, -0.2) is 29.9 Å². The summed E-state index contributed by atoms with van der Waals surface area (Å²) >= 11 is 0. The highest BCUT2D eigenvalue weighted by Crippen LogP contribution is 2.44. The first-order valence-corrected chi connectivity index (χ1v) is 8.81. The van der Waals surface area contributed by atoms with Crippen molar-refractivity contribution < 1.29 is 14.3 Å². The van der Waals surface area contributed by atoms with E-state index in [4.69, 9.17) is 4.74 Å². The number of benzene rings is 3. The van der Waals surface area contributed by atoms with Gasteiger partial charge in [-0.3, -0.25) is 4.79 Å². The summed E-state index contributed by atoms with van der Waals surface area (Å²) in [6.07, 6.45) is 0. The fourth-order valence-corrected chi connectivity index (χ4v) is 3.43. The topological polar surface area (TPSA) is 46.4 Å². The molecule has 0 saturated carbocycles. The number of hydrogen-bond acceptors (Lipinski definition) is 3. The van der Waals surface area contributed by atoms with Gasteiger partial charge in [0.15, 0.2) is 6.04 Å². The number of hydrogen-bond donors (Lipinski definition) is 0. The Morgan fingerprint density at radius 3 is 1.93 bits per heavy atom. The van der Waals surface area contributed by atoms with Gasteiger partial charge < -0.3 is 9.64 Å². The molecule has 134 valence electrons. The predicted molar refractivity (Wildman–Crippen MR) is 103 cm³/mol. The lowest BCUT2D eigenvalue weighted by Gasteiger charge is -2.07. The first-order valence-electron chi connectivity index (χ1n) is 8.81.